The molecule has 2 nitrogen and oxygen atoms in total. The molecule has 2 heterocycles. The molecule has 0 amide bonds. The minimum absolute atomic E-state index is 1.03. The van der Waals surface area contributed by atoms with Crippen LogP contribution in [0.3, 0.4) is 0 Å². The molecule has 3 heteroatoms. The van der Waals surface area contributed by atoms with Crippen LogP contribution in [0, 0.1) is 0 Å². The molecule has 0 N–H and O–H groups in total. The lowest BCUT2D eigenvalue weighted by atomic mass is 9.98. The summed E-state index contributed by atoms with van der Waals surface area (Å²) in [7, 11) is 0. The monoisotopic (exact) mass is 264 g/mol. The predicted octanol–water partition coefficient (Wildman–Crippen LogP) is 3.97. The van der Waals surface area contributed by atoms with E-state index >= 15 is 0 Å². The summed E-state index contributed by atoms with van der Waals surface area (Å²) < 4.78 is 0. The largest absolute Gasteiger partial charge is 0.261 e. The molecule has 19 heavy (non-hydrogen) atoms. The highest BCUT2D eigenvalue weighted by atomic mass is 32.1. The Balaban J connectivity index is 1.88. The molecular formula is C16H12N2S. The molecule has 0 aliphatic heterocycles. The Labute approximate surface area is 115 Å². The van der Waals surface area contributed by atoms with Crippen molar-refractivity contribution in [3.05, 3.63) is 59.2 Å². The Morgan fingerprint density at radius 1 is 0.947 bits per heavy atom. The van der Waals surface area contributed by atoms with E-state index in [1.165, 1.54) is 21.7 Å². The summed E-state index contributed by atoms with van der Waals surface area (Å²) in [4.78, 5) is 10.7. The number of aryl methyl sites for hydroxylation is 2. The lowest BCUT2D eigenvalue weighted by Gasteiger charge is -2.12. The van der Waals surface area contributed by atoms with Gasteiger partial charge in [-0.05, 0) is 25.0 Å². The van der Waals surface area contributed by atoms with Crippen LogP contribution in [-0.4, -0.2) is 9.97 Å². The number of hydrogen-bond acceptors (Lipinski definition) is 3. The van der Waals surface area contributed by atoms with Crippen molar-refractivity contribution in [2.75, 3.05) is 0 Å². The van der Waals surface area contributed by atoms with Gasteiger partial charge in [-0.1, -0.05) is 30.3 Å². The van der Waals surface area contributed by atoms with Crippen LogP contribution in [0.15, 0.2) is 48.7 Å². The van der Waals surface area contributed by atoms with E-state index in [0.717, 1.165) is 23.5 Å². The Bertz CT molecular complexity index is 732. The van der Waals surface area contributed by atoms with Gasteiger partial charge < -0.3 is 0 Å². The summed E-state index contributed by atoms with van der Waals surface area (Å²) in [6.45, 7) is 0. The Hall–Kier alpha value is -2.00. The first-order valence-corrected chi connectivity index (χ1v) is 7.23. The molecule has 0 bridgehead atoms. The van der Waals surface area contributed by atoms with E-state index in [4.69, 9.17) is 4.98 Å². The average molecular weight is 264 g/mol. The summed E-state index contributed by atoms with van der Waals surface area (Å²) in [5.41, 5.74) is 4.73. The van der Waals surface area contributed by atoms with Crippen LogP contribution in [0.4, 0.5) is 0 Å². The highest BCUT2D eigenvalue weighted by Crippen LogP contribution is 2.38. The van der Waals surface area contributed by atoms with Crippen molar-refractivity contribution in [2.45, 2.75) is 12.8 Å². The lowest BCUT2D eigenvalue weighted by Crippen LogP contribution is -2.03. The molecule has 0 unspecified atom stereocenters. The van der Waals surface area contributed by atoms with Gasteiger partial charge in [0.2, 0.25) is 0 Å². The van der Waals surface area contributed by atoms with Crippen LogP contribution in [0.5, 0.6) is 0 Å². The van der Waals surface area contributed by atoms with E-state index in [-0.39, 0.29) is 0 Å². The zero-order valence-corrected chi connectivity index (χ0v) is 11.2. The molecule has 0 atom stereocenters. The second-order valence-corrected chi connectivity index (χ2v) is 5.74. The second kappa shape index (κ2) is 4.28. The lowest BCUT2D eigenvalue weighted by molar-refractivity contribution is 0.906. The van der Waals surface area contributed by atoms with Crippen molar-refractivity contribution in [1.82, 2.24) is 9.97 Å². The number of fused-ring (bicyclic) bond motifs is 3. The first-order valence-electron chi connectivity index (χ1n) is 6.41. The van der Waals surface area contributed by atoms with Crippen LogP contribution in [0.2, 0.25) is 0 Å². The van der Waals surface area contributed by atoms with E-state index in [1.54, 1.807) is 0 Å². The Morgan fingerprint density at radius 3 is 2.74 bits per heavy atom. The van der Waals surface area contributed by atoms with Crippen LogP contribution in [0.1, 0.15) is 10.6 Å². The summed E-state index contributed by atoms with van der Waals surface area (Å²) in [5.74, 6) is 0. The standard InChI is InChI=1S/C16H12N2S/c1-2-5-11(6-3-1)16-18-15-12-7-4-10-17-13(12)8-9-14(15)19-16/h1-7,10H,8-9H2. The maximum absolute atomic E-state index is 4.84. The van der Waals surface area contributed by atoms with E-state index in [0.29, 0.717) is 0 Å². The number of nitrogens with zero attached hydrogens (tertiary/aromatic N) is 2. The predicted molar refractivity (Wildman–Crippen MR) is 78.2 cm³/mol. The van der Waals surface area contributed by atoms with Gasteiger partial charge in [-0.3, -0.25) is 4.98 Å². The normalized spacial score (nSPS) is 12.8. The molecule has 0 saturated carbocycles. The van der Waals surface area contributed by atoms with E-state index in [9.17, 15) is 0 Å². The van der Waals surface area contributed by atoms with Crippen LogP contribution < -0.4 is 0 Å². The summed E-state index contributed by atoms with van der Waals surface area (Å²) in [6.07, 6.45) is 3.96. The van der Waals surface area contributed by atoms with E-state index in [1.807, 2.05) is 29.7 Å². The zero-order chi connectivity index (χ0) is 12.7. The highest BCUT2D eigenvalue weighted by molar-refractivity contribution is 7.15. The SMILES string of the molecule is c1ccc(-c2nc3c(s2)CCc2ncccc2-3)cc1. The van der Waals surface area contributed by atoms with Gasteiger partial charge in [0.15, 0.2) is 0 Å². The molecule has 4 rings (SSSR count). The van der Waals surface area contributed by atoms with Crippen molar-refractivity contribution in [3.63, 3.8) is 0 Å². The van der Waals surface area contributed by atoms with Crippen molar-refractivity contribution >= 4 is 11.3 Å². The Kier molecular flexibility index (Phi) is 2.45. The van der Waals surface area contributed by atoms with Gasteiger partial charge in [0.1, 0.15) is 5.01 Å². The number of rotatable bonds is 1. The number of thiazole rings is 1. The molecule has 0 radical (unpaired) electrons. The van der Waals surface area contributed by atoms with Crippen molar-refractivity contribution < 1.29 is 0 Å². The molecule has 92 valence electrons. The van der Waals surface area contributed by atoms with Crippen molar-refractivity contribution in [2.24, 2.45) is 0 Å². The minimum atomic E-state index is 1.03. The number of aromatic nitrogens is 2. The molecule has 0 spiro atoms. The van der Waals surface area contributed by atoms with Gasteiger partial charge in [-0.15, -0.1) is 11.3 Å². The molecule has 0 saturated heterocycles. The number of hydrogen-bond donors (Lipinski definition) is 0. The fourth-order valence-corrected chi connectivity index (χ4v) is 3.60. The third kappa shape index (κ3) is 1.78. The van der Waals surface area contributed by atoms with Gasteiger partial charge in [0.05, 0.1) is 11.4 Å². The first-order chi connectivity index (χ1) is 9.42. The smallest absolute Gasteiger partial charge is 0.124 e. The van der Waals surface area contributed by atoms with E-state index in [2.05, 4.69) is 35.3 Å². The molecule has 1 aromatic carbocycles. The van der Waals surface area contributed by atoms with E-state index < -0.39 is 0 Å². The maximum atomic E-state index is 4.84. The molecular weight excluding hydrogens is 252 g/mol. The second-order valence-electron chi connectivity index (χ2n) is 4.65. The van der Waals surface area contributed by atoms with Gasteiger partial charge in [-0.2, -0.15) is 0 Å². The average Bonchev–Trinajstić information content (AvgIpc) is 2.93. The van der Waals surface area contributed by atoms with Crippen molar-refractivity contribution in [1.29, 1.82) is 0 Å². The molecule has 0 fully saturated rings. The number of pyridine rings is 1. The molecule has 2 aromatic heterocycles. The third-order valence-corrected chi connectivity index (χ3v) is 4.62. The summed E-state index contributed by atoms with van der Waals surface area (Å²) in [6, 6.07) is 14.5. The topological polar surface area (TPSA) is 25.8 Å². The Morgan fingerprint density at radius 2 is 1.84 bits per heavy atom. The van der Waals surface area contributed by atoms with Crippen molar-refractivity contribution in [3.8, 4) is 21.8 Å². The zero-order valence-electron chi connectivity index (χ0n) is 10.3. The fraction of sp³-hybridized carbons (Fsp3) is 0.125. The van der Waals surface area contributed by atoms with Gasteiger partial charge in [0, 0.05) is 22.2 Å². The minimum Gasteiger partial charge on any atom is -0.261 e. The quantitative estimate of drug-likeness (QED) is 0.664. The van der Waals surface area contributed by atoms with Gasteiger partial charge >= 0.3 is 0 Å². The summed E-state index contributed by atoms with van der Waals surface area (Å²) in [5, 5.41) is 1.11. The first kappa shape index (κ1) is 10.9. The number of benzene rings is 1. The maximum Gasteiger partial charge on any atom is 0.124 e. The summed E-state index contributed by atoms with van der Waals surface area (Å²) >= 11 is 1.81. The van der Waals surface area contributed by atoms with Crippen LogP contribution >= 0.6 is 11.3 Å². The molecule has 3 aromatic rings. The molecule has 1 aliphatic carbocycles. The molecule has 1 aliphatic rings. The van der Waals surface area contributed by atoms with Crippen LogP contribution in [-0.2, 0) is 12.8 Å². The highest BCUT2D eigenvalue weighted by Gasteiger charge is 2.21. The van der Waals surface area contributed by atoms with Gasteiger partial charge in [0.25, 0.3) is 0 Å². The van der Waals surface area contributed by atoms with Crippen LogP contribution in [0.25, 0.3) is 21.8 Å². The van der Waals surface area contributed by atoms with Gasteiger partial charge in [-0.25, -0.2) is 4.98 Å². The fourth-order valence-electron chi connectivity index (χ4n) is 2.52. The third-order valence-electron chi connectivity index (χ3n) is 3.45.